The van der Waals surface area contributed by atoms with Crippen molar-refractivity contribution in [2.24, 2.45) is 17.2 Å². The fourth-order valence-corrected chi connectivity index (χ4v) is 1.67. The molecule has 40 heavy (non-hydrogen) atoms. The molecule has 13 nitrogen and oxygen atoms in total. The summed E-state index contributed by atoms with van der Waals surface area (Å²) in [5, 5.41) is 32.9. The zero-order valence-corrected chi connectivity index (χ0v) is 20.3. The van der Waals surface area contributed by atoms with E-state index < -0.39 is 60.4 Å². The fourth-order valence-electron chi connectivity index (χ4n) is 1.67. The first kappa shape index (κ1) is 43.6. The lowest BCUT2D eigenvalue weighted by atomic mass is 10.1. The van der Waals surface area contributed by atoms with E-state index in [0.29, 0.717) is 32.4 Å². The average Bonchev–Trinajstić information content (AvgIpc) is 2.77. The van der Waals surface area contributed by atoms with Gasteiger partial charge in [0.05, 0.1) is 6.04 Å². The molecule has 11 N–H and O–H groups in total. The standard InChI is InChI=1S/C12H26N4O3.3C2HF3O2/c13-7-3-1-5-9(15)11(17)16-10(12(18)19)6-2-4-8-14;3*3-2(4,5)1(6)7/h9-10H,1-8,13-15H2,(H,16,17)(H,18,19);3*(H,6,7). The first-order valence-corrected chi connectivity index (χ1v) is 10.4. The minimum Gasteiger partial charge on any atom is -0.480 e. The summed E-state index contributed by atoms with van der Waals surface area (Å²) in [6, 6.07) is -1.57. The molecule has 0 spiro atoms. The normalized spacial score (nSPS) is 12.5. The minimum absolute atomic E-state index is 0.369. The van der Waals surface area contributed by atoms with Gasteiger partial charge in [0.15, 0.2) is 0 Å². The number of aliphatic carboxylic acids is 4. The van der Waals surface area contributed by atoms with Crippen LogP contribution in [0.1, 0.15) is 38.5 Å². The van der Waals surface area contributed by atoms with Crippen LogP contribution in [-0.4, -0.2) is 93.9 Å². The van der Waals surface area contributed by atoms with Crippen molar-refractivity contribution in [2.45, 2.75) is 69.1 Å². The number of amides is 1. The largest absolute Gasteiger partial charge is 0.490 e. The number of alkyl halides is 9. The Hall–Kier alpha value is -3.40. The molecule has 2 atom stereocenters. The maximum atomic E-state index is 11.7. The second-order valence-electron chi connectivity index (χ2n) is 6.98. The summed E-state index contributed by atoms with van der Waals surface area (Å²) in [7, 11) is 0. The molecular formula is C18H29F9N4O9. The van der Waals surface area contributed by atoms with Crippen molar-refractivity contribution < 1.29 is 83.9 Å². The van der Waals surface area contributed by atoms with Crippen molar-refractivity contribution in [1.29, 1.82) is 0 Å². The van der Waals surface area contributed by atoms with E-state index in [1.54, 1.807) is 0 Å². The van der Waals surface area contributed by atoms with E-state index in [4.69, 9.17) is 52.0 Å². The third-order valence-electron chi connectivity index (χ3n) is 3.60. The molecule has 238 valence electrons. The van der Waals surface area contributed by atoms with Gasteiger partial charge in [0.1, 0.15) is 6.04 Å². The summed E-state index contributed by atoms with van der Waals surface area (Å²) >= 11 is 0. The molecule has 2 unspecified atom stereocenters. The zero-order chi connectivity index (χ0) is 32.9. The van der Waals surface area contributed by atoms with E-state index in [0.717, 1.165) is 19.3 Å². The highest BCUT2D eigenvalue weighted by Crippen LogP contribution is 2.14. The Morgan fingerprint density at radius 3 is 1.10 bits per heavy atom. The van der Waals surface area contributed by atoms with Gasteiger partial charge >= 0.3 is 42.4 Å². The molecular weight excluding hydrogens is 587 g/mol. The Bertz CT molecular complexity index is 720. The second kappa shape index (κ2) is 21.4. The van der Waals surface area contributed by atoms with Crippen LogP contribution in [0, 0.1) is 0 Å². The van der Waals surface area contributed by atoms with Gasteiger partial charge < -0.3 is 42.9 Å². The monoisotopic (exact) mass is 616 g/mol. The van der Waals surface area contributed by atoms with E-state index in [2.05, 4.69) is 5.32 Å². The summed E-state index contributed by atoms with van der Waals surface area (Å²) in [5.41, 5.74) is 16.4. The van der Waals surface area contributed by atoms with Crippen molar-refractivity contribution >= 4 is 29.8 Å². The summed E-state index contributed by atoms with van der Waals surface area (Å²) in [6.07, 6.45) is -11.4. The van der Waals surface area contributed by atoms with Gasteiger partial charge in [-0.15, -0.1) is 0 Å². The molecule has 22 heteroatoms. The highest BCUT2D eigenvalue weighted by molar-refractivity contribution is 5.86. The van der Waals surface area contributed by atoms with E-state index in [1.807, 2.05) is 0 Å². The third-order valence-corrected chi connectivity index (χ3v) is 3.60. The van der Waals surface area contributed by atoms with Gasteiger partial charge in [-0.3, -0.25) is 4.79 Å². The van der Waals surface area contributed by atoms with Crippen LogP contribution in [0.25, 0.3) is 0 Å². The van der Waals surface area contributed by atoms with Gasteiger partial charge in [-0.1, -0.05) is 6.42 Å². The number of carboxylic acids is 4. The summed E-state index contributed by atoms with van der Waals surface area (Å²) < 4.78 is 95.2. The van der Waals surface area contributed by atoms with E-state index in [1.165, 1.54) is 0 Å². The predicted molar refractivity (Wildman–Crippen MR) is 114 cm³/mol. The van der Waals surface area contributed by atoms with E-state index >= 15 is 0 Å². The smallest absolute Gasteiger partial charge is 0.480 e. The molecule has 0 rings (SSSR count). The van der Waals surface area contributed by atoms with Gasteiger partial charge in [0, 0.05) is 0 Å². The lowest BCUT2D eigenvalue weighted by Gasteiger charge is -2.17. The van der Waals surface area contributed by atoms with Crippen molar-refractivity contribution in [3.05, 3.63) is 0 Å². The molecule has 0 saturated heterocycles. The molecule has 0 aromatic carbocycles. The maximum absolute atomic E-state index is 11.7. The van der Waals surface area contributed by atoms with Crippen LogP contribution in [0.5, 0.6) is 0 Å². The van der Waals surface area contributed by atoms with Crippen molar-refractivity contribution in [3.63, 3.8) is 0 Å². The van der Waals surface area contributed by atoms with Crippen LogP contribution in [0.2, 0.25) is 0 Å². The molecule has 0 aliphatic heterocycles. The molecule has 0 heterocycles. The lowest BCUT2D eigenvalue weighted by molar-refractivity contribution is -0.193. The number of carboxylic acid groups (broad SMARTS) is 4. The number of carbonyl (C=O) groups excluding carboxylic acids is 1. The van der Waals surface area contributed by atoms with Crippen LogP contribution in [0.4, 0.5) is 39.5 Å². The number of nitrogens with one attached hydrogen (secondary N) is 1. The number of halogens is 9. The molecule has 0 radical (unpaired) electrons. The van der Waals surface area contributed by atoms with Crippen LogP contribution < -0.4 is 22.5 Å². The number of rotatable bonds is 11. The summed E-state index contributed by atoms with van der Waals surface area (Å²) in [5.74, 6) is -9.73. The van der Waals surface area contributed by atoms with Gasteiger partial charge in [0.25, 0.3) is 0 Å². The van der Waals surface area contributed by atoms with Crippen LogP contribution in [0.3, 0.4) is 0 Å². The summed E-state index contributed by atoms with van der Waals surface area (Å²) in [6.45, 7) is 1.07. The Morgan fingerprint density at radius 1 is 0.600 bits per heavy atom. The number of hydrogen-bond donors (Lipinski definition) is 8. The quantitative estimate of drug-likeness (QED) is 0.120. The van der Waals surface area contributed by atoms with Crippen molar-refractivity contribution in [1.82, 2.24) is 5.32 Å². The van der Waals surface area contributed by atoms with Crippen LogP contribution in [0.15, 0.2) is 0 Å². The van der Waals surface area contributed by atoms with E-state index in [-0.39, 0.29) is 0 Å². The second-order valence-corrected chi connectivity index (χ2v) is 6.98. The van der Waals surface area contributed by atoms with E-state index in [9.17, 15) is 49.1 Å². The maximum Gasteiger partial charge on any atom is 0.490 e. The van der Waals surface area contributed by atoms with Crippen LogP contribution in [-0.2, 0) is 24.0 Å². The average molecular weight is 616 g/mol. The third kappa shape index (κ3) is 29.2. The SMILES string of the molecule is NCCCCC(N)C(=O)NC(CCCCN)C(=O)O.O=C(O)C(F)(F)F.O=C(O)C(F)(F)F.O=C(O)C(F)(F)F. The molecule has 0 aromatic rings. The molecule has 0 aromatic heterocycles. The summed E-state index contributed by atoms with van der Waals surface area (Å²) in [4.78, 5) is 49.4. The highest BCUT2D eigenvalue weighted by Gasteiger charge is 2.39. The Labute approximate surface area is 219 Å². The first-order valence-electron chi connectivity index (χ1n) is 10.4. The Balaban J connectivity index is -0.000000252. The molecule has 0 fully saturated rings. The number of nitrogens with two attached hydrogens (primary N) is 3. The zero-order valence-electron chi connectivity index (χ0n) is 20.3. The van der Waals surface area contributed by atoms with Gasteiger partial charge in [-0.25, -0.2) is 19.2 Å². The van der Waals surface area contributed by atoms with Crippen molar-refractivity contribution in [2.75, 3.05) is 13.1 Å². The molecule has 1 amide bonds. The van der Waals surface area contributed by atoms with Crippen molar-refractivity contribution in [3.8, 4) is 0 Å². The molecule has 0 saturated carbocycles. The van der Waals surface area contributed by atoms with Gasteiger partial charge in [-0.05, 0) is 45.2 Å². The van der Waals surface area contributed by atoms with Crippen LogP contribution >= 0.6 is 0 Å². The van der Waals surface area contributed by atoms with Gasteiger partial charge in [-0.2, -0.15) is 39.5 Å². The molecule has 0 bridgehead atoms. The molecule has 0 aliphatic carbocycles. The Morgan fingerprint density at radius 2 is 0.875 bits per heavy atom. The fraction of sp³-hybridized carbons (Fsp3) is 0.722. The number of carbonyl (C=O) groups is 5. The van der Waals surface area contributed by atoms with Gasteiger partial charge in [0.2, 0.25) is 5.91 Å². The minimum atomic E-state index is -5.08. The predicted octanol–water partition coefficient (Wildman–Crippen LogP) is 1.04. The Kier molecular flexibility index (Phi) is 23.4. The number of unbranched alkanes of at least 4 members (excludes halogenated alkanes) is 2. The lowest BCUT2D eigenvalue weighted by Crippen LogP contribution is -2.48. The molecule has 0 aliphatic rings. The highest BCUT2D eigenvalue weighted by atomic mass is 19.4. The first-order chi connectivity index (χ1) is 17.9. The number of hydrogen-bond acceptors (Lipinski definition) is 8. The topological polar surface area (TPSA) is 256 Å².